The molecule has 1 amide bonds. The number of hydrogen-bond donors (Lipinski definition) is 1. The molecule has 1 saturated carbocycles. The number of pyridine rings is 1. The molecule has 0 bridgehead atoms. The van der Waals surface area contributed by atoms with Crippen molar-refractivity contribution < 1.29 is 4.79 Å². The van der Waals surface area contributed by atoms with Crippen LogP contribution in [0.15, 0.2) is 18.3 Å². The molecule has 0 aliphatic heterocycles. The van der Waals surface area contributed by atoms with Gasteiger partial charge in [-0.05, 0) is 37.3 Å². The van der Waals surface area contributed by atoms with Gasteiger partial charge in [-0.15, -0.1) is 0 Å². The minimum absolute atomic E-state index is 0.0188. The Hall–Kier alpha value is -0.900. The molecule has 1 heterocycles. The Balaban J connectivity index is 1.93. The Morgan fingerprint density at radius 2 is 2.17 bits per heavy atom. The number of hydrogen-bond acceptors (Lipinski definition) is 2. The average molecular weight is 311 g/mol. The zero-order chi connectivity index (χ0) is 13.0. The number of alkyl halides is 1. The minimum Gasteiger partial charge on any atom is -0.351 e. The highest BCUT2D eigenvalue weighted by molar-refractivity contribution is 9.09. The fourth-order valence-electron chi connectivity index (χ4n) is 2.45. The highest BCUT2D eigenvalue weighted by Gasteiger charge is 2.33. The fraction of sp³-hybridized carbons (Fsp3) is 0.571. The van der Waals surface area contributed by atoms with E-state index in [2.05, 4.69) is 26.2 Å². The van der Waals surface area contributed by atoms with Crippen molar-refractivity contribution in [2.75, 3.05) is 11.9 Å². The van der Waals surface area contributed by atoms with Crippen molar-refractivity contribution in [3.63, 3.8) is 0 Å². The first-order valence-corrected chi connectivity index (χ1v) is 7.54. The second kappa shape index (κ2) is 5.83. The molecule has 0 aromatic carbocycles. The zero-order valence-electron chi connectivity index (χ0n) is 10.7. The topological polar surface area (TPSA) is 42.0 Å². The molecular weight excluding hydrogens is 292 g/mol. The largest absolute Gasteiger partial charge is 0.351 e. The predicted octanol–water partition coefficient (Wildman–Crippen LogP) is 3.08. The maximum Gasteiger partial charge on any atom is 0.252 e. The number of rotatable bonds is 4. The lowest BCUT2D eigenvalue weighted by molar-refractivity contribution is 0.0935. The van der Waals surface area contributed by atoms with Gasteiger partial charge in [0.25, 0.3) is 5.91 Å². The smallest absolute Gasteiger partial charge is 0.252 e. The van der Waals surface area contributed by atoms with Crippen LogP contribution in [0.4, 0.5) is 0 Å². The summed E-state index contributed by atoms with van der Waals surface area (Å²) < 4.78 is 0. The molecule has 1 N–H and O–H groups in total. The maximum atomic E-state index is 12.0. The van der Waals surface area contributed by atoms with Crippen LogP contribution in [-0.2, 0) is 0 Å². The van der Waals surface area contributed by atoms with Crippen molar-refractivity contribution in [2.45, 2.75) is 32.6 Å². The van der Waals surface area contributed by atoms with Crippen LogP contribution in [0.5, 0.6) is 0 Å². The molecule has 3 nitrogen and oxygen atoms in total. The van der Waals surface area contributed by atoms with Crippen LogP contribution >= 0.6 is 15.9 Å². The molecule has 1 aromatic rings. The Morgan fingerprint density at radius 3 is 2.72 bits per heavy atom. The summed E-state index contributed by atoms with van der Waals surface area (Å²) >= 11 is 3.59. The Bertz CT molecular complexity index is 410. The van der Waals surface area contributed by atoms with Gasteiger partial charge in [0.1, 0.15) is 0 Å². The average Bonchev–Trinajstić information content (AvgIpc) is 2.86. The lowest BCUT2D eigenvalue weighted by Crippen LogP contribution is -2.37. The maximum absolute atomic E-state index is 12.0. The van der Waals surface area contributed by atoms with E-state index in [1.54, 1.807) is 6.20 Å². The molecule has 0 spiro atoms. The number of carbonyl (C=O) groups excluding carboxylic acids is 1. The zero-order valence-corrected chi connectivity index (χ0v) is 12.3. The summed E-state index contributed by atoms with van der Waals surface area (Å²) in [5, 5.41) is 4.01. The van der Waals surface area contributed by atoms with Gasteiger partial charge < -0.3 is 5.32 Å². The van der Waals surface area contributed by atoms with Crippen molar-refractivity contribution in [3.05, 3.63) is 29.6 Å². The number of carbonyl (C=O) groups is 1. The highest BCUT2D eigenvalue weighted by atomic mass is 79.9. The quantitative estimate of drug-likeness (QED) is 0.868. The molecule has 1 fully saturated rings. The molecule has 1 aliphatic rings. The molecule has 1 aromatic heterocycles. The Morgan fingerprint density at radius 1 is 1.44 bits per heavy atom. The Kier molecular flexibility index (Phi) is 4.38. The molecule has 18 heavy (non-hydrogen) atoms. The van der Waals surface area contributed by atoms with Crippen LogP contribution in [0.3, 0.4) is 0 Å². The van der Waals surface area contributed by atoms with Crippen LogP contribution in [0.2, 0.25) is 0 Å². The van der Waals surface area contributed by atoms with Gasteiger partial charge in [0, 0.05) is 23.8 Å². The number of halogens is 1. The van der Waals surface area contributed by atoms with Crippen LogP contribution < -0.4 is 5.32 Å². The third-order valence-corrected chi connectivity index (χ3v) is 4.93. The number of aromatic nitrogens is 1. The normalized spacial score (nSPS) is 17.7. The lowest BCUT2D eigenvalue weighted by atomic mass is 9.89. The summed E-state index contributed by atoms with van der Waals surface area (Å²) in [6.45, 7) is 2.67. The van der Waals surface area contributed by atoms with Gasteiger partial charge in [-0.2, -0.15) is 0 Å². The van der Waals surface area contributed by atoms with Gasteiger partial charge in [-0.3, -0.25) is 9.78 Å². The molecule has 0 saturated heterocycles. The number of aryl methyl sites for hydroxylation is 1. The van der Waals surface area contributed by atoms with Gasteiger partial charge in [0.05, 0.1) is 5.56 Å². The van der Waals surface area contributed by atoms with Crippen molar-refractivity contribution in [1.29, 1.82) is 0 Å². The summed E-state index contributed by atoms with van der Waals surface area (Å²) in [5.41, 5.74) is 1.83. The first-order chi connectivity index (χ1) is 8.65. The number of amides is 1. The molecule has 0 radical (unpaired) electrons. The molecule has 98 valence electrons. The van der Waals surface area contributed by atoms with Crippen LogP contribution in [-0.4, -0.2) is 22.8 Å². The van der Waals surface area contributed by atoms with E-state index >= 15 is 0 Å². The van der Waals surface area contributed by atoms with E-state index < -0.39 is 0 Å². The second-order valence-electron chi connectivity index (χ2n) is 5.21. The van der Waals surface area contributed by atoms with E-state index in [0.29, 0.717) is 5.56 Å². The summed E-state index contributed by atoms with van der Waals surface area (Å²) in [7, 11) is 0. The standard InChI is InChI=1S/C14H19BrN2O/c1-11-4-5-12(8-16-11)13(18)17-10-14(9-15)6-2-3-7-14/h4-5,8H,2-3,6-7,9-10H2,1H3,(H,17,18). The van der Waals surface area contributed by atoms with E-state index in [4.69, 9.17) is 0 Å². The van der Waals surface area contributed by atoms with Crippen LogP contribution in [0.25, 0.3) is 0 Å². The number of nitrogens with zero attached hydrogens (tertiary/aromatic N) is 1. The summed E-state index contributed by atoms with van der Waals surface area (Å²) in [5.74, 6) is -0.0188. The van der Waals surface area contributed by atoms with Crippen molar-refractivity contribution in [2.24, 2.45) is 5.41 Å². The first-order valence-electron chi connectivity index (χ1n) is 6.42. The van der Waals surface area contributed by atoms with Crippen molar-refractivity contribution in [1.82, 2.24) is 10.3 Å². The van der Waals surface area contributed by atoms with Gasteiger partial charge in [0.2, 0.25) is 0 Å². The monoisotopic (exact) mass is 310 g/mol. The third-order valence-electron chi connectivity index (χ3n) is 3.75. The molecule has 0 unspecified atom stereocenters. The fourth-order valence-corrected chi connectivity index (χ4v) is 3.21. The second-order valence-corrected chi connectivity index (χ2v) is 5.77. The lowest BCUT2D eigenvalue weighted by Gasteiger charge is -2.26. The summed E-state index contributed by atoms with van der Waals surface area (Å²) in [4.78, 5) is 16.2. The third kappa shape index (κ3) is 3.10. The minimum atomic E-state index is -0.0188. The van der Waals surface area contributed by atoms with Gasteiger partial charge in [-0.25, -0.2) is 0 Å². The summed E-state index contributed by atoms with van der Waals surface area (Å²) in [6, 6.07) is 3.69. The van der Waals surface area contributed by atoms with Crippen LogP contribution in [0, 0.1) is 12.3 Å². The highest BCUT2D eigenvalue weighted by Crippen LogP contribution is 2.38. The number of nitrogens with one attached hydrogen (secondary N) is 1. The van der Waals surface area contributed by atoms with E-state index in [0.717, 1.165) is 17.6 Å². The van der Waals surface area contributed by atoms with Gasteiger partial charge in [-0.1, -0.05) is 28.8 Å². The van der Waals surface area contributed by atoms with Crippen LogP contribution in [0.1, 0.15) is 41.7 Å². The van der Waals surface area contributed by atoms with E-state index in [1.165, 1.54) is 25.7 Å². The van der Waals surface area contributed by atoms with Crippen molar-refractivity contribution >= 4 is 21.8 Å². The van der Waals surface area contributed by atoms with E-state index in [-0.39, 0.29) is 11.3 Å². The first kappa shape index (κ1) is 13.5. The van der Waals surface area contributed by atoms with E-state index in [9.17, 15) is 4.79 Å². The van der Waals surface area contributed by atoms with Gasteiger partial charge in [0.15, 0.2) is 0 Å². The molecule has 2 rings (SSSR count). The SMILES string of the molecule is Cc1ccc(C(=O)NCC2(CBr)CCCC2)cn1. The van der Waals surface area contributed by atoms with Crippen molar-refractivity contribution in [3.8, 4) is 0 Å². The summed E-state index contributed by atoms with van der Waals surface area (Å²) in [6.07, 6.45) is 6.58. The van der Waals surface area contributed by atoms with E-state index in [1.807, 2.05) is 19.1 Å². The van der Waals surface area contributed by atoms with Gasteiger partial charge >= 0.3 is 0 Å². The molecule has 1 aliphatic carbocycles. The molecule has 0 atom stereocenters. The Labute approximate surface area is 117 Å². The predicted molar refractivity (Wildman–Crippen MR) is 76.0 cm³/mol. The molecular formula is C14H19BrN2O. The molecule has 4 heteroatoms.